The summed E-state index contributed by atoms with van der Waals surface area (Å²) in [4.78, 5) is 39.6. The molecule has 2 aromatic heterocycles. The summed E-state index contributed by atoms with van der Waals surface area (Å²) in [6.45, 7) is 7.49. The Morgan fingerprint density at radius 1 is 1.30 bits per heavy atom. The van der Waals surface area contributed by atoms with E-state index in [2.05, 4.69) is 39.0 Å². The van der Waals surface area contributed by atoms with Gasteiger partial charge in [-0.05, 0) is 18.1 Å². The second-order valence-electron chi connectivity index (χ2n) is 7.66. The van der Waals surface area contributed by atoms with Crippen molar-refractivity contribution in [3.63, 3.8) is 0 Å². The number of benzene rings is 1. The minimum Gasteiger partial charge on any atom is -0.363 e. The van der Waals surface area contributed by atoms with Crippen molar-refractivity contribution in [3.8, 4) is 0 Å². The van der Waals surface area contributed by atoms with Gasteiger partial charge in [0.15, 0.2) is 11.0 Å². The van der Waals surface area contributed by atoms with Crippen LogP contribution in [0.5, 0.6) is 0 Å². The highest BCUT2D eigenvalue weighted by Gasteiger charge is 2.23. The summed E-state index contributed by atoms with van der Waals surface area (Å²) < 4.78 is 0. The molecule has 30 heavy (non-hydrogen) atoms. The number of amides is 2. The fourth-order valence-corrected chi connectivity index (χ4v) is 4.91. The topological polar surface area (TPSA) is 117 Å². The van der Waals surface area contributed by atoms with E-state index in [0.717, 1.165) is 37.7 Å². The Balaban J connectivity index is 1.50. The molecule has 0 spiro atoms. The van der Waals surface area contributed by atoms with Gasteiger partial charge in [-0.25, -0.2) is 9.97 Å². The predicted molar refractivity (Wildman–Crippen MR) is 118 cm³/mol. The SMILES string of the molecule is CCC(CC)CN1CCc2nc(NC(=O)c3cccc4[nH]c(C(N)=O)nc34)sc2C1. The molecule has 0 aliphatic carbocycles. The molecule has 1 aromatic carbocycles. The number of thiazole rings is 1. The lowest BCUT2D eigenvalue weighted by atomic mass is 10.0. The number of nitrogens with one attached hydrogen (secondary N) is 2. The third-order valence-corrected chi connectivity index (χ3v) is 6.69. The van der Waals surface area contributed by atoms with Gasteiger partial charge >= 0.3 is 0 Å². The third kappa shape index (κ3) is 4.08. The lowest BCUT2D eigenvalue weighted by Gasteiger charge is -2.29. The van der Waals surface area contributed by atoms with Crippen LogP contribution in [-0.2, 0) is 13.0 Å². The minimum atomic E-state index is -0.664. The molecule has 0 radical (unpaired) electrons. The van der Waals surface area contributed by atoms with Crippen molar-refractivity contribution in [2.75, 3.05) is 18.4 Å². The summed E-state index contributed by atoms with van der Waals surface area (Å²) in [6, 6.07) is 5.17. The van der Waals surface area contributed by atoms with Gasteiger partial charge in [0.2, 0.25) is 0 Å². The summed E-state index contributed by atoms with van der Waals surface area (Å²) in [6.07, 6.45) is 3.29. The van der Waals surface area contributed by atoms with Crippen LogP contribution in [0.15, 0.2) is 18.2 Å². The van der Waals surface area contributed by atoms with Crippen LogP contribution in [0.3, 0.4) is 0 Å². The van der Waals surface area contributed by atoms with E-state index >= 15 is 0 Å². The number of fused-ring (bicyclic) bond motifs is 2. The predicted octanol–water partition coefficient (Wildman–Crippen LogP) is 3.16. The van der Waals surface area contributed by atoms with E-state index in [0.29, 0.717) is 21.7 Å². The van der Waals surface area contributed by atoms with Crippen molar-refractivity contribution in [1.82, 2.24) is 19.9 Å². The molecule has 0 saturated carbocycles. The van der Waals surface area contributed by atoms with Crippen LogP contribution in [0.25, 0.3) is 11.0 Å². The van der Waals surface area contributed by atoms with Gasteiger partial charge in [0, 0.05) is 30.9 Å². The summed E-state index contributed by atoms with van der Waals surface area (Å²) >= 11 is 1.53. The average molecular weight is 427 g/mol. The van der Waals surface area contributed by atoms with Crippen LogP contribution >= 0.6 is 11.3 Å². The van der Waals surface area contributed by atoms with E-state index in [9.17, 15) is 9.59 Å². The second kappa shape index (κ2) is 8.53. The highest BCUT2D eigenvalue weighted by atomic mass is 32.1. The first-order valence-electron chi connectivity index (χ1n) is 10.3. The lowest BCUT2D eigenvalue weighted by Crippen LogP contribution is -2.33. The van der Waals surface area contributed by atoms with Gasteiger partial charge in [0.05, 0.1) is 16.8 Å². The maximum atomic E-state index is 12.9. The third-order valence-electron chi connectivity index (χ3n) is 5.69. The van der Waals surface area contributed by atoms with E-state index < -0.39 is 5.91 Å². The zero-order chi connectivity index (χ0) is 21.3. The van der Waals surface area contributed by atoms with Crippen LogP contribution in [0.4, 0.5) is 5.13 Å². The Labute approximate surface area is 178 Å². The first kappa shape index (κ1) is 20.5. The summed E-state index contributed by atoms with van der Waals surface area (Å²) in [5.41, 5.74) is 7.75. The number of primary amides is 1. The minimum absolute atomic E-state index is 0.0347. The van der Waals surface area contributed by atoms with Gasteiger partial charge in [0.1, 0.15) is 5.52 Å². The fraction of sp³-hybridized carbons (Fsp3) is 0.429. The summed E-state index contributed by atoms with van der Waals surface area (Å²) in [7, 11) is 0. The normalized spacial score (nSPS) is 14.2. The number of para-hydroxylation sites is 1. The molecule has 8 nitrogen and oxygen atoms in total. The molecule has 158 valence electrons. The Kier molecular flexibility index (Phi) is 5.83. The molecule has 4 N–H and O–H groups in total. The lowest BCUT2D eigenvalue weighted by molar-refractivity contribution is 0.0989. The molecular weight excluding hydrogens is 400 g/mol. The summed E-state index contributed by atoms with van der Waals surface area (Å²) in [5, 5.41) is 3.50. The highest BCUT2D eigenvalue weighted by Crippen LogP contribution is 2.30. The monoisotopic (exact) mass is 426 g/mol. The first-order chi connectivity index (χ1) is 14.5. The molecule has 1 aliphatic rings. The molecule has 0 unspecified atom stereocenters. The zero-order valence-electron chi connectivity index (χ0n) is 17.2. The van der Waals surface area contributed by atoms with Crippen molar-refractivity contribution in [3.05, 3.63) is 40.2 Å². The van der Waals surface area contributed by atoms with Gasteiger partial charge < -0.3 is 10.7 Å². The first-order valence-corrected chi connectivity index (χ1v) is 11.1. The number of aromatic amines is 1. The molecule has 9 heteroatoms. The van der Waals surface area contributed by atoms with Gasteiger partial charge in [-0.3, -0.25) is 19.8 Å². The molecular formula is C21H26N6O2S. The zero-order valence-corrected chi connectivity index (χ0v) is 18.0. The van der Waals surface area contributed by atoms with E-state index in [1.807, 2.05) is 0 Å². The molecule has 3 heterocycles. The maximum Gasteiger partial charge on any atom is 0.284 e. The molecule has 0 fully saturated rings. The molecule has 4 rings (SSSR count). The number of hydrogen-bond donors (Lipinski definition) is 3. The molecule has 0 bridgehead atoms. The van der Waals surface area contributed by atoms with Gasteiger partial charge in [0.25, 0.3) is 11.8 Å². The van der Waals surface area contributed by atoms with E-state index in [4.69, 9.17) is 5.73 Å². The van der Waals surface area contributed by atoms with Crippen LogP contribution in [-0.4, -0.2) is 44.8 Å². The number of nitrogens with two attached hydrogens (primary N) is 1. The number of imidazole rings is 1. The van der Waals surface area contributed by atoms with Crippen molar-refractivity contribution in [1.29, 1.82) is 0 Å². The molecule has 0 saturated heterocycles. The number of H-pyrrole nitrogens is 1. The Hall–Kier alpha value is -2.78. The molecule has 2 amide bonds. The number of rotatable bonds is 7. The Morgan fingerprint density at radius 2 is 2.10 bits per heavy atom. The quantitative estimate of drug-likeness (QED) is 0.536. The number of anilines is 1. The van der Waals surface area contributed by atoms with E-state index in [1.165, 1.54) is 29.1 Å². The maximum absolute atomic E-state index is 12.9. The number of aromatic nitrogens is 3. The number of nitrogens with zero attached hydrogens (tertiary/aromatic N) is 3. The Bertz CT molecular complexity index is 1080. The van der Waals surface area contributed by atoms with E-state index in [-0.39, 0.29) is 11.7 Å². The largest absolute Gasteiger partial charge is 0.363 e. The number of hydrogen-bond acceptors (Lipinski definition) is 6. The standard InChI is InChI=1S/C21H26N6O2S/c1-3-12(4-2)10-27-9-8-14-16(11-27)30-21(24-14)26-20(29)13-6-5-7-15-17(13)25-19(23-15)18(22)28/h5-7,12H,3-4,8-11H2,1-2H3,(H2,22,28)(H,23,25)(H,24,26,29). The number of carbonyl (C=O) groups is 2. The van der Waals surface area contributed by atoms with Gasteiger partial charge in [-0.1, -0.05) is 32.8 Å². The fourth-order valence-electron chi connectivity index (χ4n) is 3.87. The molecule has 3 aromatic rings. The van der Waals surface area contributed by atoms with Crippen molar-refractivity contribution in [2.24, 2.45) is 11.7 Å². The van der Waals surface area contributed by atoms with Crippen LogP contribution < -0.4 is 11.1 Å². The van der Waals surface area contributed by atoms with Crippen LogP contribution in [0.2, 0.25) is 0 Å². The van der Waals surface area contributed by atoms with Gasteiger partial charge in [-0.2, -0.15) is 0 Å². The molecule has 1 aliphatic heterocycles. The average Bonchev–Trinajstić information content (AvgIpc) is 3.34. The second-order valence-corrected chi connectivity index (χ2v) is 8.75. The van der Waals surface area contributed by atoms with Crippen LogP contribution in [0, 0.1) is 5.92 Å². The molecule has 0 atom stereocenters. The number of carbonyl (C=O) groups excluding carboxylic acids is 2. The van der Waals surface area contributed by atoms with E-state index in [1.54, 1.807) is 18.2 Å². The van der Waals surface area contributed by atoms with Crippen LogP contribution in [0.1, 0.15) is 58.2 Å². The van der Waals surface area contributed by atoms with Crippen molar-refractivity contribution < 1.29 is 9.59 Å². The Morgan fingerprint density at radius 3 is 2.83 bits per heavy atom. The van der Waals surface area contributed by atoms with Crippen molar-refractivity contribution >= 4 is 39.3 Å². The van der Waals surface area contributed by atoms with Gasteiger partial charge in [-0.15, -0.1) is 11.3 Å². The highest BCUT2D eigenvalue weighted by molar-refractivity contribution is 7.15. The smallest absolute Gasteiger partial charge is 0.284 e. The summed E-state index contributed by atoms with van der Waals surface area (Å²) in [5.74, 6) is -0.211. The van der Waals surface area contributed by atoms with Crippen molar-refractivity contribution in [2.45, 2.75) is 39.7 Å².